The first kappa shape index (κ1) is 23.0. The Morgan fingerprint density at radius 3 is 2.41 bits per heavy atom. The lowest BCUT2D eigenvalue weighted by Crippen LogP contribution is -2.19. The number of esters is 1. The van der Waals surface area contributed by atoms with E-state index in [2.05, 4.69) is 26.5 Å². The highest BCUT2D eigenvalue weighted by atomic mass is 79.9. The number of carbonyl (C=O) groups is 2. The predicted molar refractivity (Wildman–Crippen MR) is 120 cm³/mol. The summed E-state index contributed by atoms with van der Waals surface area (Å²) in [7, 11) is 2.96. The summed E-state index contributed by atoms with van der Waals surface area (Å²) in [4.78, 5) is 24.7. The van der Waals surface area contributed by atoms with Crippen molar-refractivity contribution >= 4 is 34.0 Å². The SMILES string of the molecule is COc1ccc(C(=O)Oc2ccc(Br)cc2/C=N/NC(=O)c2ccccc2F)cc1OC. The van der Waals surface area contributed by atoms with Crippen LogP contribution in [0.5, 0.6) is 17.2 Å². The average molecular weight is 501 g/mol. The van der Waals surface area contributed by atoms with Crippen molar-refractivity contribution in [2.24, 2.45) is 5.10 Å². The summed E-state index contributed by atoms with van der Waals surface area (Å²) in [5.41, 5.74) is 2.77. The molecular formula is C23H18BrFN2O5. The Hall–Kier alpha value is -3.72. The minimum Gasteiger partial charge on any atom is -0.493 e. The minimum absolute atomic E-state index is 0.140. The van der Waals surface area contributed by atoms with Crippen LogP contribution in [-0.4, -0.2) is 32.3 Å². The van der Waals surface area contributed by atoms with E-state index >= 15 is 0 Å². The van der Waals surface area contributed by atoms with Crippen LogP contribution in [0.4, 0.5) is 4.39 Å². The number of methoxy groups -OCH3 is 2. The van der Waals surface area contributed by atoms with Gasteiger partial charge >= 0.3 is 5.97 Å². The van der Waals surface area contributed by atoms with E-state index in [0.29, 0.717) is 21.5 Å². The Balaban J connectivity index is 1.78. The molecule has 0 aliphatic carbocycles. The van der Waals surface area contributed by atoms with Gasteiger partial charge in [0.05, 0.1) is 31.6 Å². The van der Waals surface area contributed by atoms with Crippen molar-refractivity contribution in [3.63, 3.8) is 0 Å². The molecule has 3 aromatic carbocycles. The zero-order chi connectivity index (χ0) is 23.1. The molecule has 3 aromatic rings. The maximum atomic E-state index is 13.7. The van der Waals surface area contributed by atoms with Crippen molar-refractivity contribution in [1.82, 2.24) is 5.43 Å². The number of nitrogens with one attached hydrogen (secondary N) is 1. The van der Waals surface area contributed by atoms with E-state index in [0.717, 1.165) is 0 Å². The van der Waals surface area contributed by atoms with E-state index in [9.17, 15) is 14.0 Å². The number of hydrogen-bond acceptors (Lipinski definition) is 6. The van der Waals surface area contributed by atoms with E-state index in [1.165, 1.54) is 44.7 Å². The monoisotopic (exact) mass is 500 g/mol. The number of benzene rings is 3. The molecule has 9 heteroatoms. The lowest BCUT2D eigenvalue weighted by atomic mass is 10.2. The summed E-state index contributed by atoms with van der Waals surface area (Å²) in [5.74, 6) is -0.929. The number of carbonyl (C=O) groups excluding carboxylic acids is 2. The van der Waals surface area contributed by atoms with Gasteiger partial charge in [0, 0.05) is 10.0 Å². The van der Waals surface area contributed by atoms with Crippen LogP contribution in [0.1, 0.15) is 26.3 Å². The number of hydrazone groups is 1. The first-order valence-corrected chi connectivity index (χ1v) is 10.0. The first-order chi connectivity index (χ1) is 15.4. The Morgan fingerprint density at radius 2 is 1.69 bits per heavy atom. The average Bonchev–Trinajstić information content (AvgIpc) is 2.80. The van der Waals surface area contributed by atoms with E-state index in [-0.39, 0.29) is 16.9 Å². The fraction of sp³-hybridized carbons (Fsp3) is 0.0870. The first-order valence-electron chi connectivity index (χ1n) is 9.24. The summed E-state index contributed by atoms with van der Waals surface area (Å²) < 4.78 is 30.3. The molecule has 0 radical (unpaired) electrons. The molecule has 32 heavy (non-hydrogen) atoms. The molecule has 0 aliphatic rings. The molecule has 0 saturated carbocycles. The molecule has 0 spiro atoms. The zero-order valence-electron chi connectivity index (χ0n) is 17.1. The van der Waals surface area contributed by atoms with Crippen molar-refractivity contribution in [2.45, 2.75) is 0 Å². The van der Waals surface area contributed by atoms with Gasteiger partial charge in [0.25, 0.3) is 5.91 Å². The normalized spacial score (nSPS) is 10.6. The molecule has 0 unspecified atom stereocenters. The van der Waals surface area contributed by atoms with Gasteiger partial charge in [0.15, 0.2) is 11.5 Å². The molecule has 0 bridgehead atoms. The molecule has 1 N–H and O–H groups in total. The van der Waals surface area contributed by atoms with Crippen LogP contribution in [0.25, 0.3) is 0 Å². The Bertz CT molecular complexity index is 1180. The minimum atomic E-state index is -0.710. The van der Waals surface area contributed by atoms with Gasteiger partial charge in [-0.1, -0.05) is 28.1 Å². The van der Waals surface area contributed by atoms with Gasteiger partial charge in [-0.3, -0.25) is 4.79 Å². The largest absolute Gasteiger partial charge is 0.493 e. The third-order valence-electron chi connectivity index (χ3n) is 4.28. The van der Waals surface area contributed by atoms with Gasteiger partial charge < -0.3 is 14.2 Å². The molecule has 3 rings (SSSR count). The number of amides is 1. The van der Waals surface area contributed by atoms with Crippen molar-refractivity contribution < 1.29 is 28.2 Å². The second kappa shape index (κ2) is 10.5. The second-order valence-corrected chi connectivity index (χ2v) is 7.24. The van der Waals surface area contributed by atoms with Crippen LogP contribution in [0, 0.1) is 5.82 Å². The van der Waals surface area contributed by atoms with Gasteiger partial charge in [-0.15, -0.1) is 0 Å². The van der Waals surface area contributed by atoms with Crippen LogP contribution < -0.4 is 19.6 Å². The quantitative estimate of drug-likeness (QED) is 0.222. The lowest BCUT2D eigenvalue weighted by molar-refractivity contribution is 0.0733. The standard InChI is InChI=1S/C23H18BrFN2O5/c1-30-20-9-7-14(12-21(20)31-2)23(29)32-19-10-8-16(24)11-15(19)13-26-27-22(28)17-5-3-4-6-18(17)25/h3-13H,1-2H3,(H,27,28)/b26-13+. The number of ether oxygens (including phenoxy) is 3. The molecule has 1 amide bonds. The van der Waals surface area contributed by atoms with Crippen LogP contribution in [0.15, 0.2) is 70.2 Å². The summed E-state index contributed by atoms with van der Waals surface area (Å²) >= 11 is 3.34. The summed E-state index contributed by atoms with van der Waals surface area (Å²) in [6, 6.07) is 15.1. The van der Waals surface area contributed by atoms with Crippen molar-refractivity contribution in [2.75, 3.05) is 14.2 Å². The predicted octanol–water partition coefficient (Wildman–Crippen LogP) is 4.59. The highest BCUT2D eigenvalue weighted by Crippen LogP contribution is 2.29. The van der Waals surface area contributed by atoms with Crippen LogP contribution >= 0.6 is 15.9 Å². The molecular weight excluding hydrogens is 483 g/mol. The van der Waals surface area contributed by atoms with E-state index in [1.807, 2.05) is 0 Å². The van der Waals surface area contributed by atoms with Crippen molar-refractivity contribution in [3.8, 4) is 17.2 Å². The molecule has 164 valence electrons. The van der Waals surface area contributed by atoms with Crippen LogP contribution in [0.3, 0.4) is 0 Å². The fourth-order valence-corrected chi connectivity index (χ4v) is 3.08. The van der Waals surface area contributed by atoms with Crippen LogP contribution in [-0.2, 0) is 0 Å². The number of nitrogens with zero attached hydrogens (tertiary/aromatic N) is 1. The van der Waals surface area contributed by atoms with Gasteiger partial charge in [0.2, 0.25) is 0 Å². The Morgan fingerprint density at radius 1 is 0.969 bits per heavy atom. The number of hydrogen-bond donors (Lipinski definition) is 1. The molecule has 0 saturated heterocycles. The molecule has 0 aromatic heterocycles. The van der Waals surface area contributed by atoms with Gasteiger partial charge in [-0.05, 0) is 48.5 Å². The molecule has 0 heterocycles. The maximum Gasteiger partial charge on any atom is 0.343 e. The number of halogens is 2. The van der Waals surface area contributed by atoms with E-state index < -0.39 is 17.7 Å². The summed E-state index contributed by atoms with van der Waals surface area (Å²) in [5, 5.41) is 3.85. The topological polar surface area (TPSA) is 86.2 Å². The Labute approximate surface area is 191 Å². The highest BCUT2D eigenvalue weighted by molar-refractivity contribution is 9.10. The van der Waals surface area contributed by atoms with Gasteiger partial charge in [-0.2, -0.15) is 5.10 Å². The van der Waals surface area contributed by atoms with E-state index in [1.54, 1.807) is 36.4 Å². The third kappa shape index (κ3) is 5.50. The Kier molecular flexibility index (Phi) is 7.56. The molecule has 7 nitrogen and oxygen atoms in total. The fourth-order valence-electron chi connectivity index (χ4n) is 2.70. The molecule has 0 fully saturated rings. The zero-order valence-corrected chi connectivity index (χ0v) is 18.7. The van der Waals surface area contributed by atoms with Crippen molar-refractivity contribution in [3.05, 3.63) is 87.6 Å². The lowest BCUT2D eigenvalue weighted by Gasteiger charge is -2.11. The highest BCUT2D eigenvalue weighted by Gasteiger charge is 2.15. The molecule has 0 atom stereocenters. The van der Waals surface area contributed by atoms with E-state index in [4.69, 9.17) is 14.2 Å². The second-order valence-electron chi connectivity index (χ2n) is 6.32. The van der Waals surface area contributed by atoms with Gasteiger partial charge in [-0.25, -0.2) is 14.6 Å². The third-order valence-corrected chi connectivity index (χ3v) is 4.78. The number of rotatable bonds is 7. The smallest absolute Gasteiger partial charge is 0.343 e. The summed E-state index contributed by atoms with van der Waals surface area (Å²) in [6.07, 6.45) is 1.29. The van der Waals surface area contributed by atoms with Crippen LogP contribution in [0.2, 0.25) is 0 Å². The summed E-state index contributed by atoms with van der Waals surface area (Å²) in [6.45, 7) is 0. The van der Waals surface area contributed by atoms with Crippen molar-refractivity contribution in [1.29, 1.82) is 0 Å². The van der Waals surface area contributed by atoms with Gasteiger partial charge in [0.1, 0.15) is 11.6 Å². The maximum absolute atomic E-state index is 13.7. The molecule has 0 aliphatic heterocycles.